The van der Waals surface area contributed by atoms with E-state index >= 15 is 0 Å². The Morgan fingerprint density at radius 3 is 1.17 bits per heavy atom. The number of non-ortho nitro benzene ring substituents is 2. The predicted octanol–water partition coefficient (Wildman–Crippen LogP) is 5.00. The molecule has 52 heavy (non-hydrogen) atoms. The second kappa shape index (κ2) is 20.2. The Kier molecular flexibility index (Phi) is 16.5. The maximum atomic E-state index is 12.9. The zero-order valence-corrected chi connectivity index (χ0v) is 27.2. The first kappa shape index (κ1) is 42.5. The summed E-state index contributed by atoms with van der Waals surface area (Å²) in [7, 11) is 0. The van der Waals surface area contributed by atoms with Crippen LogP contribution in [-0.4, -0.2) is 95.3 Å². The van der Waals surface area contributed by atoms with E-state index in [2.05, 4.69) is 0 Å². The third-order valence-corrected chi connectivity index (χ3v) is 6.94. The van der Waals surface area contributed by atoms with Crippen LogP contribution in [0, 0.1) is 20.2 Å². The highest BCUT2D eigenvalue weighted by atomic mass is 19.4. The highest BCUT2D eigenvalue weighted by Gasteiger charge is 2.39. The molecule has 16 nitrogen and oxygen atoms in total. The van der Waals surface area contributed by atoms with Crippen LogP contribution in [0.1, 0.15) is 36.8 Å². The molecule has 2 aromatic carbocycles. The van der Waals surface area contributed by atoms with Crippen molar-refractivity contribution in [2.45, 2.75) is 51.2 Å². The molecule has 0 bridgehead atoms. The molecule has 0 atom stereocenters. The van der Waals surface area contributed by atoms with Crippen LogP contribution < -0.4 is 10.6 Å². The number of nitrogens with one attached hydrogen (secondary N) is 2. The Labute approximate surface area is 291 Å². The fourth-order valence-corrected chi connectivity index (χ4v) is 4.24. The summed E-state index contributed by atoms with van der Waals surface area (Å²) in [6, 6.07) is 10.2. The third kappa shape index (κ3) is 15.5. The molecule has 4 amide bonds. The highest BCUT2D eigenvalue weighted by Crippen LogP contribution is 2.17. The van der Waals surface area contributed by atoms with Gasteiger partial charge in [-0.2, -0.15) is 26.3 Å². The van der Waals surface area contributed by atoms with Gasteiger partial charge in [0, 0.05) is 63.5 Å². The second-order valence-corrected chi connectivity index (χ2v) is 10.9. The average molecular weight is 753 g/mol. The van der Waals surface area contributed by atoms with E-state index in [1.807, 2.05) is 0 Å². The molecule has 22 heteroatoms. The van der Waals surface area contributed by atoms with Gasteiger partial charge in [-0.25, -0.2) is 9.59 Å². The number of halogens is 6. The third-order valence-electron chi connectivity index (χ3n) is 6.94. The van der Waals surface area contributed by atoms with Crippen LogP contribution in [0.4, 0.5) is 47.3 Å². The Balaban J connectivity index is 2.03. The molecule has 2 aromatic rings. The van der Waals surface area contributed by atoms with Gasteiger partial charge < -0.3 is 29.9 Å². The fourth-order valence-electron chi connectivity index (χ4n) is 4.24. The van der Waals surface area contributed by atoms with E-state index in [1.165, 1.54) is 48.5 Å². The molecule has 0 spiro atoms. The maximum absolute atomic E-state index is 12.9. The summed E-state index contributed by atoms with van der Waals surface area (Å²) in [5, 5.41) is 25.1. The minimum atomic E-state index is -5.11. The van der Waals surface area contributed by atoms with Crippen molar-refractivity contribution in [3.05, 3.63) is 79.9 Å². The van der Waals surface area contributed by atoms with Crippen LogP contribution in [-0.2, 0) is 32.3 Å². The van der Waals surface area contributed by atoms with Gasteiger partial charge in [-0.1, -0.05) is 0 Å². The number of nitrogens with zero attached hydrogens (tertiary/aromatic N) is 4. The zero-order valence-electron chi connectivity index (χ0n) is 27.2. The molecule has 0 aromatic heterocycles. The Bertz CT molecular complexity index is 1410. The lowest BCUT2D eigenvalue weighted by Gasteiger charge is -2.25. The molecule has 2 N–H and O–H groups in total. The lowest BCUT2D eigenvalue weighted by atomic mass is 10.2. The van der Waals surface area contributed by atoms with Crippen molar-refractivity contribution in [3.8, 4) is 0 Å². The quantitative estimate of drug-likeness (QED) is 0.0851. The SMILES string of the molecule is O=C(OCc1ccc([N+](=O)[O-])cc1)N(CCCCN(CCCNC(=O)C(F)(F)F)C(=O)OCc1ccc([N+](=O)[O-])cc1)CCCNC(=O)C(F)(F)F. The van der Waals surface area contributed by atoms with Gasteiger partial charge in [-0.3, -0.25) is 29.8 Å². The minimum absolute atomic E-state index is 0.0559. The first-order valence-corrected chi connectivity index (χ1v) is 15.4. The Morgan fingerprint density at radius 1 is 0.577 bits per heavy atom. The van der Waals surface area contributed by atoms with Crippen LogP contribution in [0.15, 0.2) is 48.5 Å². The number of carbonyl (C=O) groups excluding carboxylic acids is 4. The summed E-state index contributed by atoms with van der Waals surface area (Å²) in [4.78, 5) is 70.7. The number of benzene rings is 2. The van der Waals surface area contributed by atoms with Crippen molar-refractivity contribution in [3.63, 3.8) is 0 Å². The Morgan fingerprint density at radius 2 is 0.885 bits per heavy atom. The van der Waals surface area contributed by atoms with Crippen molar-refractivity contribution in [1.82, 2.24) is 20.4 Å². The summed E-state index contributed by atoms with van der Waals surface area (Å²) in [6.07, 6.45) is -11.9. The molecule has 0 heterocycles. The van der Waals surface area contributed by atoms with Gasteiger partial charge in [0.2, 0.25) is 0 Å². The van der Waals surface area contributed by atoms with E-state index in [1.54, 1.807) is 10.6 Å². The summed E-state index contributed by atoms with van der Waals surface area (Å²) in [5.74, 6) is -4.34. The summed E-state index contributed by atoms with van der Waals surface area (Å²) < 4.78 is 85.6. The molecule has 0 radical (unpaired) electrons. The van der Waals surface area contributed by atoms with E-state index in [9.17, 15) is 65.7 Å². The molecular weight excluding hydrogens is 718 g/mol. The molecular formula is C30H34F6N6O10. The summed E-state index contributed by atoms with van der Waals surface area (Å²) in [6.45, 7) is -1.95. The van der Waals surface area contributed by atoms with E-state index in [-0.39, 0.29) is 76.5 Å². The number of rotatable bonds is 19. The highest BCUT2D eigenvalue weighted by molar-refractivity contribution is 5.82. The molecule has 286 valence electrons. The van der Waals surface area contributed by atoms with Crippen molar-refractivity contribution >= 4 is 35.4 Å². The van der Waals surface area contributed by atoms with Crippen LogP contribution >= 0.6 is 0 Å². The van der Waals surface area contributed by atoms with Crippen LogP contribution in [0.3, 0.4) is 0 Å². The van der Waals surface area contributed by atoms with Crippen LogP contribution in [0.2, 0.25) is 0 Å². The lowest BCUT2D eigenvalue weighted by Crippen LogP contribution is -2.40. The number of hydrogen-bond acceptors (Lipinski definition) is 10. The zero-order chi connectivity index (χ0) is 38.9. The fraction of sp³-hybridized carbons (Fsp3) is 0.467. The van der Waals surface area contributed by atoms with Crippen molar-refractivity contribution in [2.24, 2.45) is 0 Å². The van der Waals surface area contributed by atoms with Crippen molar-refractivity contribution < 1.29 is 64.8 Å². The van der Waals surface area contributed by atoms with Gasteiger partial charge in [0.05, 0.1) is 9.85 Å². The molecule has 2 rings (SSSR count). The first-order valence-electron chi connectivity index (χ1n) is 15.4. The molecule has 0 aliphatic carbocycles. The van der Waals surface area contributed by atoms with Gasteiger partial charge in [0.25, 0.3) is 11.4 Å². The van der Waals surface area contributed by atoms with Gasteiger partial charge in [-0.05, 0) is 61.1 Å². The molecule has 0 unspecified atom stereocenters. The minimum Gasteiger partial charge on any atom is -0.445 e. The number of unbranched alkanes of at least 4 members (excludes halogenated alkanes) is 1. The smallest absolute Gasteiger partial charge is 0.445 e. The van der Waals surface area contributed by atoms with E-state index in [4.69, 9.17) is 9.47 Å². The molecule has 0 saturated heterocycles. The summed E-state index contributed by atoms with van der Waals surface area (Å²) in [5.41, 5.74) is 0.386. The number of ether oxygens (including phenoxy) is 2. The summed E-state index contributed by atoms with van der Waals surface area (Å²) >= 11 is 0. The van der Waals surface area contributed by atoms with E-state index < -0.39 is 59.3 Å². The second-order valence-electron chi connectivity index (χ2n) is 10.9. The van der Waals surface area contributed by atoms with Crippen LogP contribution in [0.25, 0.3) is 0 Å². The predicted molar refractivity (Wildman–Crippen MR) is 166 cm³/mol. The topological polar surface area (TPSA) is 204 Å². The molecule has 0 aliphatic heterocycles. The number of amides is 4. The first-order chi connectivity index (χ1) is 24.4. The maximum Gasteiger partial charge on any atom is 0.471 e. The number of nitro benzene ring substituents is 2. The largest absolute Gasteiger partial charge is 0.471 e. The van der Waals surface area contributed by atoms with E-state index in [0.717, 1.165) is 9.80 Å². The lowest BCUT2D eigenvalue weighted by molar-refractivity contribution is -0.385. The monoisotopic (exact) mass is 752 g/mol. The Hall–Kier alpha value is -5.70. The number of nitro groups is 2. The molecule has 0 aliphatic rings. The van der Waals surface area contributed by atoms with Gasteiger partial charge in [0.1, 0.15) is 13.2 Å². The van der Waals surface area contributed by atoms with Crippen molar-refractivity contribution in [2.75, 3.05) is 39.3 Å². The molecule has 0 saturated carbocycles. The molecule has 0 fully saturated rings. The standard InChI is InChI=1S/C30H34F6N6O10/c31-29(32,33)25(43)37-13-3-17-39(27(45)51-19-21-5-9-23(10-6-21)41(47)48)15-1-2-16-40(18-4-14-38-26(44)30(34,35)36)28(46)52-20-22-7-11-24(12-8-22)42(49)50/h5-12H,1-4,13-20H2,(H,37,43)(H,38,44). The number of carbonyl (C=O) groups is 4. The van der Waals surface area contributed by atoms with Crippen molar-refractivity contribution in [1.29, 1.82) is 0 Å². The van der Waals surface area contributed by atoms with Gasteiger partial charge in [-0.15, -0.1) is 0 Å². The normalized spacial score (nSPS) is 11.3. The van der Waals surface area contributed by atoms with Gasteiger partial charge >= 0.3 is 36.4 Å². The van der Waals surface area contributed by atoms with Gasteiger partial charge in [0.15, 0.2) is 0 Å². The number of alkyl halides is 6. The average Bonchev–Trinajstić information content (AvgIpc) is 3.08. The van der Waals surface area contributed by atoms with Crippen LogP contribution in [0.5, 0.6) is 0 Å². The number of hydrogen-bond donors (Lipinski definition) is 2. The van der Waals surface area contributed by atoms with E-state index in [0.29, 0.717) is 11.1 Å².